The van der Waals surface area contributed by atoms with Crippen molar-refractivity contribution in [3.8, 4) is 17.6 Å². The highest BCUT2D eigenvalue weighted by Crippen LogP contribution is 2.28. The standard InChI is InChI=1S/C22H24N4O4/c1-28-21-12-17(14-24-25-22(27)15-26-8-10-29-11-9-26)6-7-20(21)30-16-19-5-3-2-4-18(19)13-23/h2-7,12,14H,8-11,15-16H2,1H3,(H,25,27)/b24-14+. The van der Waals surface area contributed by atoms with Crippen LogP contribution >= 0.6 is 0 Å². The van der Waals surface area contributed by atoms with E-state index in [9.17, 15) is 10.1 Å². The number of hydrogen-bond acceptors (Lipinski definition) is 7. The summed E-state index contributed by atoms with van der Waals surface area (Å²) in [6.07, 6.45) is 1.55. The summed E-state index contributed by atoms with van der Waals surface area (Å²) < 4.78 is 16.5. The lowest BCUT2D eigenvalue weighted by Crippen LogP contribution is -2.42. The van der Waals surface area contributed by atoms with Gasteiger partial charge in [0, 0.05) is 18.7 Å². The second-order valence-electron chi connectivity index (χ2n) is 6.65. The van der Waals surface area contributed by atoms with Crippen LogP contribution in [0, 0.1) is 11.3 Å². The van der Waals surface area contributed by atoms with E-state index in [1.54, 1.807) is 31.5 Å². The number of rotatable bonds is 8. The molecule has 0 atom stereocenters. The molecular formula is C22H24N4O4. The summed E-state index contributed by atoms with van der Waals surface area (Å²) in [5.41, 5.74) is 4.67. The van der Waals surface area contributed by atoms with Crippen LogP contribution in [0.2, 0.25) is 0 Å². The SMILES string of the molecule is COc1cc(/C=N/NC(=O)CN2CCOCC2)ccc1OCc1ccccc1C#N. The van der Waals surface area contributed by atoms with E-state index in [1.807, 2.05) is 29.2 Å². The topological polar surface area (TPSA) is 96.2 Å². The Hall–Kier alpha value is -3.41. The maximum atomic E-state index is 12.0. The molecule has 1 fully saturated rings. The molecule has 0 aliphatic carbocycles. The number of morpholine rings is 1. The predicted octanol–water partition coefficient (Wildman–Crippen LogP) is 1.93. The number of ether oxygens (including phenoxy) is 3. The Labute approximate surface area is 175 Å². The van der Waals surface area contributed by atoms with E-state index in [0.717, 1.165) is 24.2 Å². The molecule has 3 rings (SSSR count). The van der Waals surface area contributed by atoms with Crippen LogP contribution < -0.4 is 14.9 Å². The number of nitrogens with zero attached hydrogens (tertiary/aromatic N) is 3. The van der Waals surface area contributed by atoms with Crippen molar-refractivity contribution in [3.63, 3.8) is 0 Å². The minimum atomic E-state index is -0.170. The number of carbonyl (C=O) groups excluding carboxylic acids is 1. The van der Waals surface area contributed by atoms with Crippen molar-refractivity contribution in [2.45, 2.75) is 6.61 Å². The lowest BCUT2D eigenvalue weighted by Gasteiger charge is -2.25. The summed E-state index contributed by atoms with van der Waals surface area (Å²) in [4.78, 5) is 14.0. The fourth-order valence-electron chi connectivity index (χ4n) is 2.97. The van der Waals surface area contributed by atoms with Crippen LogP contribution in [0.1, 0.15) is 16.7 Å². The third-order valence-corrected chi connectivity index (χ3v) is 4.58. The summed E-state index contributed by atoms with van der Waals surface area (Å²) in [7, 11) is 1.55. The third-order valence-electron chi connectivity index (χ3n) is 4.58. The van der Waals surface area contributed by atoms with Gasteiger partial charge in [-0.15, -0.1) is 0 Å². The highest BCUT2D eigenvalue weighted by molar-refractivity contribution is 5.83. The van der Waals surface area contributed by atoms with Crippen molar-refractivity contribution in [1.82, 2.24) is 10.3 Å². The normalized spacial score (nSPS) is 14.3. The van der Waals surface area contributed by atoms with E-state index in [0.29, 0.717) is 36.8 Å². The van der Waals surface area contributed by atoms with E-state index in [-0.39, 0.29) is 12.5 Å². The van der Waals surface area contributed by atoms with Gasteiger partial charge >= 0.3 is 0 Å². The second-order valence-corrected chi connectivity index (χ2v) is 6.65. The highest BCUT2D eigenvalue weighted by atomic mass is 16.5. The van der Waals surface area contributed by atoms with Crippen molar-refractivity contribution in [1.29, 1.82) is 5.26 Å². The molecule has 0 radical (unpaired) electrons. The van der Waals surface area contributed by atoms with Gasteiger partial charge in [0.25, 0.3) is 5.91 Å². The van der Waals surface area contributed by atoms with Gasteiger partial charge in [0.2, 0.25) is 0 Å². The molecule has 1 N–H and O–H groups in total. The maximum absolute atomic E-state index is 12.0. The first-order valence-electron chi connectivity index (χ1n) is 9.60. The summed E-state index contributed by atoms with van der Waals surface area (Å²) in [5, 5.41) is 13.2. The zero-order valence-corrected chi connectivity index (χ0v) is 16.8. The lowest BCUT2D eigenvalue weighted by atomic mass is 10.1. The molecule has 1 saturated heterocycles. The molecule has 8 nitrogen and oxygen atoms in total. The Bertz CT molecular complexity index is 933. The van der Waals surface area contributed by atoms with Crippen molar-refractivity contribution in [3.05, 3.63) is 59.2 Å². The number of amides is 1. The number of hydrazone groups is 1. The summed E-state index contributed by atoms with van der Waals surface area (Å²) in [5.74, 6) is 0.919. The molecule has 30 heavy (non-hydrogen) atoms. The van der Waals surface area contributed by atoms with E-state index in [2.05, 4.69) is 16.6 Å². The van der Waals surface area contributed by atoms with Crippen molar-refractivity contribution >= 4 is 12.1 Å². The van der Waals surface area contributed by atoms with E-state index >= 15 is 0 Å². The number of carbonyl (C=O) groups is 1. The quantitative estimate of drug-likeness (QED) is 0.530. The fraction of sp³-hybridized carbons (Fsp3) is 0.318. The van der Waals surface area contributed by atoms with Crippen LogP contribution in [0.15, 0.2) is 47.6 Å². The van der Waals surface area contributed by atoms with Crippen LogP contribution in [-0.4, -0.2) is 57.0 Å². The van der Waals surface area contributed by atoms with E-state index < -0.39 is 0 Å². The first-order valence-corrected chi connectivity index (χ1v) is 9.60. The predicted molar refractivity (Wildman–Crippen MR) is 111 cm³/mol. The van der Waals surface area contributed by atoms with Crippen LogP contribution in [0.25, 0.3) is 0 Å². The summed E-state index contributed by atoms with van der Waals surface area (Å²) in [6.45, 7) is 3.33. The highest BCUT2D eigenvalue weighted by Gasteiger charge is 2.13. The minimum absolute atomic E-state index is 0.170. The molecule has 0 saturated carbocycles. The largest absolute Gasteiger partial charge is 0.493 e. The molecule has 0 spiro atoms. The molecular weight excluding hydrogens is 384 g/mol. The van der Waals surface area contributed by atoms with Crippen LogP contribution in [0.4, 0.5) is 0 Å². The molecule has 0 aromatic heterocycles. The monoisotopic (exact) mass is 408 g/mol. The second kappa shape index (κ2) is 11.0. The molecule has 1 heterocycles. The van der Waals surface area contributed by atoms with Crippen LogP contribution in [0.3, 0.4) is 0 Å². The summed E-state index contributed by atoms with van der Waals surface area (Å²) in [6, 6.07) is 14.8. The Morgan fingerprint density at radius 1 is 1.27 bits per heavy atom. The van der Waals surface area contributed by atoms with Crippen molar-refractivity contribution in [2.75, 3.05) is 40.0 Å². The number of benzene rings is 2. The van der Waals surface area contributed by atoms with E-state index in [4.69, 9.17) is 14.2 Å². The third kappa shape index (κ3) is 6.04. The number of nitrogens with one attached hydrogen (secondary N) is 1. The fourth-order valence-corrected chi connectivity index (χ4v) is 2.97. The average Bonchev–Trinajstić information content (AvgIpc) is 2.78. The molecule has 1 amide bonds. The van der Waals surface area contributed by atoms with E-state index in [1.165, 1.54) is 0 Å². The van der Waals surface area contributed by atoms with Gasteiger partial charge in [-0.2, -0.15) is 10.4 Å². The van der Waals surface area contributed by atoms with Gasteiger partial charge < -0.3 is 14.2 Å². The molecule has 2 aromatic rings. The van der Waals surface area contributed by atoms with Crippen LogP contribution in [0.5, 0.6) is 11.5 Å². The zero-order chi connectivity index (χ0) is 21.2. The molecule has 1 aliphatic rings. The molecule has 1 aliphatic heterocycles. The molecule has 0 unspecified atom stereocenters. The van der Waals surface area contributed by atoms with Gasteiger partial charge in [-0.1, -0.05) is 18.2 Å². The van der Waals surface area contributed by atoms with Gasteiger partial charge in [0.15, 0.2) is 11.5 Å². The first-order chi connectivity index (χ1) is 14.7. The molecule has 8 heteroatoms. The lowest BCUT2D eigenvalue weighted by molar-refractivity contribution is -0.123. The first kappa shape index (κ1) is 21.3. The Kier molecular flexibility index (Phi) is 7.78. The Morgan fingerprint density at radius 3 is 2.83 bits per heavy atom. The maximum Gasteiger partial charge on any atom is 0.254 e. The van der Waals surface area contributed by atoms with Gasteiger partial charge in [0.05, 0.1) is 44.7 Å². The molecule has 2 aromatic carbocycles. The number of nitriles is 1. The summed E-state index contributed by atoms with van der Waals surface area (Å²) >= 11 is 0. The van der Waals surface area contributed by atoms with Crippen LogP contribution in [-0.2, 0) is 16.1 Å². The number of hydrogen-bond donors (Lipinski definition) is 1. The molecule has 0 bridgehead atoms. The van der Waals surface area contributed by atoms with Crippen molar-refractivity contribution in [2.24, 2.45) is 5.10 Å². The van der Waals surface area contributed by atoms with Crippen molar-refractivity contribution < 1.29 is 19.0 Å². The van der Waals surface area contributed by atoms with Gasteiger partial charge in [0.1, 0.15) is 6.61 Å². The zero-order valence-electron chi connectivity index (χ0n) is 16.8. The smallest absolute Gasteiger partial charge is 0.254 e. The number of methoxy groups -OCH3 is 1. The Morgan fingerprint density at radius 2 is 2.07 bits per heavy atom. The Balaban J connectivity index is 1.56. The minimum Gasteiger partial charge on any atom is -0.493 e. The van der Waals surface area contributed by atoms with Gasteiger partial charge in [-0.3, -0.25) is 9.69 Å². The molecule has 156 valence electrons. The average molecular weight is 408 g/mol. The van der Waals surface area contributed by atoms with Gasteiger partial charge in [-0.25, -0.2) is 5.43 Å². The van der Waals surface area contributed by atoms with Gasteiger partial charge in [-0.05, 0) is 29.8 Å².